The van der Waals surface area contributed by atoms with E-state index in [-0.39, 0.29) is 18.4 Å². The minimum absolute atomic E-state index is 0.0227. The van der Waals surface area contributed by atoms with E-state index in [1.165, 1.54) is 11.3 Å². The largest absolute Gasteiger partial charge is 0.482 e. The van der Waals surface area contributed by atoms with Crippen molar-refractivity contribution in [1.29, 1.82) is 0 Å². The molecule has 3 aromatic rings. The second-order valence-electron chi connectivity index (χ2n) is 6.30. The van der Waals surface area contributed by atoms with Crippen LogP contribution >= 0.6 is 22.9 Å². The summed E-state index contributed by atoms with van der Waals surface area (Å²) in [7, 11) is 0. The third kappa shape index (κ3) is 3.85. The number of nitrogens with zero attached hydrogens (tertiary/aromatic N) is 1. The number of amides is 2. The summed E-state index contributed by atoms with van der Waals surface area (Å²) in [6.07, 6.45) is 0.654. The predicted molar refractivity (Wildman–Crippen MR) is 110 cm³/mol. The van der Waals surface area contributed by atoms with Crippen molar-refractivity contribution < 1.29 is 14.3 Å². The molecule has 0 fully saturated rings. The average Bonchev–Trinajstić information content (AvgIpc) is 3.01. The van der Waals surface area contributed by atoms with Crippen LogP contribution in [0.2, 0.25) is 5.02 Å². The van der Waals surface area contributed by atoms with Crippen LogP contribution in [0.15, 0.2) is 42.5 Å². The standard InChI is InChI=1S/C20H16ClN3O3S/c1-11-17(9-12-4-2-3-5-14(12)21)28-20(22-11)24-19(26)13-6-7-16-15(8-13)23-18(25)10-27-16/h2-8H,9-10H2,1H3,(H,23,25)(H,22,24,26). The van der Waals surface area contributed by atoms with E-state index >= 15 is 0 Å². The molecule has 2 amide bonds. The van der Waals surface area contributed by atoms with Crippen LogP contribution in [0, 0.1) is 6.92 Å². The van der Waals surface area contributed by atoms with Crippen molar-refractivity contribution >= 4 is 45.6 Å². The van der Waals surface area contributed by atoms with Crippen LogP contribution in [0.25, 0.3) is 0 Å². The molecule has 0 radical (unpaired) electrons. The fraction of sp³-hybridized carbons (Fsp3) is 0.150. The maximum absolute atomic E-state index is 12.6. The molecule has 4 rings (SSSR count). The Hall–Kier alpha value is -2.90. The molecule has 1 aliphatic rings. The Kier molecular flexibility index (Phi) is 5.02. The van der Waals surface area contributed by atoms with Gasteiger partial charge in [-0.15, -0.1) is 11.3 Å². The van der Waals surface area contributed by atoms with E-state index in [2.05, 4.69) is 15.6 Å². The van der Waals surface area contributed by atoms with Crippen LogP contribution in [0.4, 0.5) is 10.8 Å². The zero-order chi connectivity index (χ0) is 19.7. The fourth-order valence-corrected chi connectivity index (χ4v) is 4.04. The molecule has 0 aliphatic carbocycles. The number of rotatable bonds is 4. The van der Waals surface area contributed by atoms with E-state index < -0.39 is 0 Å². The number of benzene rings is 2. The van der Waals surface area contributed by atoms with Gasteiger partial charge in [0.2, 0.25) is 0 Å². The number of anilines is 2. The van der Waals surface area contributed by atoms with Crippen LogP contribution in [0.3, 0.4) is 0 Å². The van der Waals surface area contributed by atoms with E-state index in [4.69, 9.17) is 16.3 Å². The van der Waals surface area contributed by atoms with Crippen molar-refractivity contribution in [3.8, 4) is 5.75 Å². The molecule has 0 saturated heterocycles. The lowest BCUT2D eigenvalue weighted by Crippen LogP contribution is -2.25. The van der Waals surface area contributed by atoms with Gasteiger partial charge in [-0.3, -0.25) is 14.9 Å². The summed E-state index contributed by atoms with van der Waals surface area (Å²) in [6, 6.07) is 12.6. The lowest BCUT2D eigenvalue weighted by molar-refractivity contribution is -0.118. The summed E-state index contributed by atoms with van der Waals surface area (Å²) in [6.45, 7) is 1.88. The Morgan fingerprint density at radius 1 is 1.32 bits per heavy atom. The number of nitrogens with one attached hydrogen (secondary N) is 2. The molecule has 0 saturated carbocycles. The Balaban J connectivity index is 1.50. The number of thiazole rings is 1. The van der Waals surface area contributed by atoms with Gasteiger partial charge in [-0.05, 0) is 36.8 Å². The normalized spacial score (nSPS) is 12.7. The second-order valence-corrected chi connectivity index (χ2v) is 7.79. The Morgan fingerprint density at radius 2 is 2.14 bits per heavy atom. The highest BCUT2D eigenvalue weighted by Crippen LogP contribution is 2.30. The molecule has 0 atom stereocenters. The van der Waals surface area contributed by atoms with Crippen LogP contribution in [-0.4, -0.2) is 23.4 Å². The molecule has 2 heterocycles. The summed E-state index contributed by atoms with van der Waals surface area (Å²) in [4.78, 5) is 29.5. The minimum Gasteiger partial charge on any atom is -0.482 e. The Labute approximate surface area is 170 Å². The Morgan fingerprint density at radius 3 is 2.96 bits per heavy atom. The minimum atomic E-state index is -0.305. The Bertz CT molecular complexity index is 1080. The van der Waals surface area contributed by atoms with Gasteiger partial charge in [-0.25, -0.2) is 4.98 Å². The van der Waals surface area contributed by atoms with Crippen LogP contribution in [0.5, 0.6) is 5.75 Å². The second kappa shape index (κ2) is 7.61. The van der Waals surface area contributed by atoms with Crippen molar-refractivity contribution in [2.75, 3.05) is 17.2 Å². The summed E-state index contributed by atoms with van der Waals surface area (Å²) in [5.74, 6) is -0.00578. The molecule has 28 heavy (non-hydrogen) atoms. The predicted octanol–water partition coefficient (Wildman–Crippen LogP) is 4.28. The fourth-order valence-electron chi connectivity index (χ4n) is 2.85. The molecule has 0 unspecified atom stereocenters. The molecule has 2 aromatic carbocycles. The first-order valence-corrected chi connectivity index (χ1v) is 9.77. The van der Waals surface area contributed by atoms with Gasteiger partial charge in [0.15, 0.2) is 11.7 Å². The third-order valence-corrected chi connectivity index (χ3v) is 5.74. The number of aryl methyl sites for hydroxylation is 1. The number of hydrogen-bond donors (Lipinski definition) is 2. The molecule has 8 heteroatoms. The molecule has 1 aliphatic heterocycles. The molecule has 1 aromatic heterocycles. The van der Waals surface area contributed by atoms with Crippen molar-refractivity contribution in [3.05, 3.63) is 69.2 Å². The number of halogens is 1. The third-order valence-electron chi connectivity index (χ3n) is 4.30. The lowest BCUT2D eigenvalue weighted by atomic mass is 10.1. The number of carbonyl (C=O) groups is 2. The van der Waals surface area contributed by atoms with Crippen LogP contribution in [0.1, 0.15) is 26.5 Å². The first kappa shape index (κ1) is 18.5. The highest BCUT2D eigenvalue weighted by atomic mass is 35.5. The van der Waals surface area contributed by atoms with E-state index in [1.54, 1.807) is 18.2 Å². The first-order chi connectivity index (χ1) is 13.5. The number of hydrogen-bond acceptors (Lipinski definition) is 5. The topological polar surface area (TPSA) is 80.3 Å². The summed E-state index contributed by atoms with van der Waals surface area (Å²) in [5, 5.41) is 6.74. The van der Waals surface area contributed by atoms with Gasteiger partial charge in [0.25, 0.3) is 11.8 Å². The maximum Gasteiger partial charge on any atom is 0.262 e. The monoisotopic (exact) mass is 413 g/mol. The molecule has 2 N–H and O–H groups in total. The summed E-state index contributed by atoms with van der Waals surface area (Å²) < 4.78 is 5.31. The highest BCUT2D eigenvalue weighted by Gasteiger charge is 2.19. The van der Waals surface area contributed by atoms with Crippen molar-refractivity contribution in [2.24, 2.45) is 0 Å². The molecule has 0 spiro atoms. The van der Waals surface area contributed by atoms with Gasteiger partial charge < -0.3 is 10.1 Å². The van der Waals surface area contributed by atoms with Crippen molar-refractivity contribution in [1.82, 2.24) is 4.98 Å². The molecular formula is C20H16ClN3O3S. The zero-order valence-electron chi connectivity index (χ0n) is 14.9. The highest BCUT2D eigenvalue weighted by molar-refractivity contribution is 7.15. The number of aromatic nitrogens is 1. The van der Waals surface area contributed by atoms with Crippen LogP contribution in [-0.2, 0) is 11.2 Å². The number of ether oxygens (including phenoxy) is 1. The maximum atomic E-state index is 12.6. The number of fused-ring (bicyclic) bond motifs is 1. The summed E-state index contributed by atoms with van der Waals surface area (Å²) >= 11 is 7.66. The van der Waals surface area contributed by atoms with E-state index in [1.807, 2.05) is 31.2 Å². The van der Waals surface area contributed by atoms with Gasteiger partial charge in [-0.1, -0.05) is 29.8 Å². The molecule has 6 nitrogen and oxygen atoms in total. The van der Waals surface area contributed by atoms with Gasteiger partial charge in [0.1, 0.15) is 5.75 Å². The van der Waals surface area contributed by atoms with E-state index in [0.717, 1.165) is 16.1 Å². The van der Waals surface area contributed by atoms with Crippen molar-refractivity contribution in [2.45, 2.75) is 13.3 Å². The zero-order valence-corrected chi connectivity index (χ0v) is 16.5. The lowest BCUT2D eigenvalue weighted by Gasteiger charge is -2.18. The van der Waals surface area contributed by atoms with Crippen LogP contribution < -0.4 is 15.4 Å². The van der Waals surface area contributed by atoms with Crippen molar-refractivity contribution in [3.63, 3.8) is 0 Å². The molecular weight excluding hydrogens is 398 g/mol. The first-order valence-electron chi connectivity index (χ1n) is 8.57. The molecule has 0 bridgehead atoms. The van der Waals surface area contributed by atoms with Gasteiger partial charge >= 0.3 is 0 Å². The number of carbonyl (C=O) groups excluding carboxylic acids is 2. The van der Waals surface area contributed by atoms with E-state index in [9.17, 15) is 9.59 Å². The summed E-state index contributed by atoms with van der Waals surface area (Å²) in [5.41, 5.74) is 2.76. The van der Waals surface area contributed by atoms with Gasteiger partial charge in [-0.2, -0.15) is 0 Å². The SMILES string of the molecule is Cc1nc(NC(=O)c2ccc3c(c2)NC(=O)CO3)sc1Cc1ccccc1Cl. The quantitative estimate of drug-likeness (QED) is 0.669. The average molecular weight is 414 g/mol. The van der Waals surface area contributed by atoms with E-state index in [0.29, 0.717) is 33.6 Å². The van der Waals surface area contributed by atoms with Gasteiger partial charge in [0.05, 0.1) is 11.4 Å². The smallest absolute Gasteiger partial charge is 0.262 e. The molecule has 142 valence electrons. The van der Waals surface area contributed by atoms with Gasteiger partial charge in [0, 0.05) is 21.9 Å².